The molecule has 0 aliphatic heterocycles. The average Bonchev–Trinajstić information content (AvgIpc) is 3.21. The highest BCUT2D eigenvalue weighted by Gasteiger charge is 2.18. The molecule has 0 aliphatic rings. The van der Waals surface area contributed by atoms with Crippen molar-refractivity contribution in [1.29, 1.82) is 0 Å². The Balaban J connectivity index is 1.63. The number of halogens is 2. The number of carbonyl (C=O) groups excluding carboxylic acids is 1. The molecule has 3 rings (SSSR count). The second kappa shape index (κ2) is 8.88. The normalized spacial score (nSPS) is 13.1. The number of thiophene rings is 1. The summed E-state index contributed by atoms with van der Waals surface area (Å²) in [5.41, 5.74) is 1.58. The van der Waals surface area contributed by atoms with E-state index in [9.17, 15) is 13.6 Å². The molecule has 27 heavy (non-hydrogen) atoms. The molecule has 0 spiro atoms. The Labute approximate surface area is 161 Å². The van der Waals surface area contributed by atoms with Crippen LogP contribution in [0.15, 0.2) is 66.0 Å². The van der Waals surface area contributed by atoms with Crippen LogP contribution in [0.1, 0.15) is 35.0 Å². The Hall–Kier alpha value is -2.57. The summed E-state index contributed by atoms with van der Waals surface area (Å²) < 4.78 is 26.4. The first kappa shape index (κ1) is 19.2. The lowest BCUT2D eigenvalue weighted by atomic mass is 10.1. The molecule has 0 saturated carbocycles. The van der Waals surface area contributed by atoms with E-state index in [0.717, 1.165) is 22.6 Å². The number of benzene rings is 2. The third kappa shape index (κ3) is 4.99. The smallest absolute Gasteiger partial charge is 0.234 e. The second-order valence-electron chi connectivity index (χ2n) is 6.20. The molecule has 0 aliphatic carbocycles. The number of hydrogen-bond acceptors (Lipinski definition) is 3. The summed E-state index contributed by atoms with van der Waals surface area (Å²) in [6, 6.07) is 16.9. The SMILES string of the molecule is C[C@@H](NCC(=O)N[C@H](c1ccccc1)c1cccs1)c1ccc(F)c(F)c1. The molecular weight excluding hydrogens is 366 g/mol. The first-order chi connectivity index (χ1) is 13.0. The third-order valence-electron chi connectivity index (χ3n) is 4.28. The summed E-state index contributed by atoms with van der Waals surface area (Å²) in [6.45, 7) is 1.86. The van der Waals surface area contributed by atoms with Gasteiger partial charge in [0.15, 0.2) is 11.6 Å². The van der Waals surface area contributed by atoms with E-state index in [1.54, 1.807) is 18.3 Å². The van der Waals surface area contributed by atoms with Crippen molar-refractivity contribution in [3.8, 4) is 0 Å². The maximum Gasteiger partial charge on any atom is 0.234 e. The molecule has 0 unspecified atom stereocenters. The van der Waals surface area contributed by atoms with Gasteiger partial charge in [-0.2, -0.15) is 0 Å². The molecular formula is C21H20F2N2OS. The summed E-state index contributed by atoms with van der Waals surface area (Å²) in [5.74, 6) is -1.95. The van der Waals surface area contributed by atoms with Crippen LogP contribution in [0.4, 0.5) is 8.78 Å². The lowest BCUT2D eigenvalue weighted by Gasteiger charge is -2.20. The summed E-state index contributed by atoms with van der Waals surface area (Å²) in [6.07, 6.45) is 0. The zero-order valence-corrected chi connectivity index (χ0v) is 15.6. The van der Waals surface area contributed by atoms with Gasteiger partial charge in [-0.3, -0.25) is 4.79 Å². The Bertz CT molecular complexity index is 884. The quantitative estimate of drug-likeness (QED) is 0.624. The van der Waals surface area contributed by atoms with E-state index < -0.39 is 11.6 Å². The van der Waals surface area contributed by atoms with E-state index in [2.05, 4.69) is 10.6 Å². The topological polar surface area (TPSA) is 41.1 Å². The van der Waals surface area contributed by atoms with Crippen molar-refractivity contribution in [3.05, 3.63) is 93.7 Å². The molecule has 3 nitrogen and oxygen atoms in total. The van der Waals surface area contributed by atoms with Gasteiger partial charge < -0.3 is 10.6 Å². The van der Waals surface area contributed by atoms with Gasteiger partial charge in [-0.05, 0) is 41.6 Å². The fraction of sp³-hybridized carbons (Fsp3) is 0.190. The maximum atomic E-state index is 13.4. The van der Waals surface area contributed by atoms with Gasteiger partial charge in [0.05, 0.1) is 12.6 Å². The zero-order chi connectivity index (χ0) is 19.2. The minimum Gasteiger partial charge on any atom is -0.343 e. The van der Waals surface area contributed by atoms with Crippen molar-refractivity contribution in [2.45, 2.75) is 19.0 Å². The van der Waals surface area contributed by atoms with Gasteiger partial charge >= 0.3 is 0 Å². The molecule has 1 amide bonds. The van der Waals surface area contributed by atoms with Crippen molar-refractivity contribution in [3.63, 3.8) is 0 Å². The number of rotatable bonds is 7. The lowest BCUT2D eigenvalue weighted by Crippen LogP contribution is -2.37. The van der Waals surface area contributed by atoms with Gasteiger partial charge in [-0.15, -0.1) is 11.3 Å². The van der Waals surface area contributed by atoms with E-state index in [1.165, 1.54) is 6.07 Å². The fourth-order valence-electron chi connectivity index (χ4n) is 2.78. The number of hydrogen-bond donors (Lipinski definition) is 2. The Kier molecular flexibility index (Phi) is 6.32. The van der Waals surface area contributed by atoms with Gasteiger partial charge in [0, 0.05) is 10.9 Å². The predicted molar refractivity (Wildman–Crippen MR) is 104 cm³/mol. The number of carbonyl (C=O) groups is 1. The largest absolute Gasteiger partial charge is 0.343 e. The molecule has 0 radical (unpaired) electrons. The summed E-state index contributed by atoms with van der Waals surface area (Å²) in [5, 5.41) is 8.06. The van der Waals surface area contributed by atoms with E-state index in [1.807, 2.05) is 47.8 Å². The van der Waals surface area contributed by atoms with E-state index in [4.69, 9.17) is 0 Å². The van der Waals surface area contributed by atoms with E-state index in [-0.39, 0.29) is 24.5 Å². The molecule has 6 heteroatoms. The minimum absolute atomic E-state index is 0.0644. The van der Waals surface area contributed by atoms with Crippen molar-refractivity contribution in [1.82, 2.24) is 10.6 Å². The van der Waals surface area contributed by atoms with Crippen molar-refractivity contribution < 1.29 is 13.6 Å². The Morgan fingerprint density at radius 1 is 1.00 bits per heavy atom. The van der Waals surface area contributed by atoms with Gasteiger partial charge in [0.2, 0.25) is 5.91 Å². The zero-order valence-electron chi connectivity index (χ0n) is 14.8. The highest BCUT2D eigenvalue weighted by Crippen LogP contribution is 2.25. The fourth-order valence-corrected chi connectivity index (χ4v) is 3.58. The summed E-state index contributed by atoms with van der Waals surface area (Å²) in [4.78, 5) is 13.5. The van der Waals surface area contributed by atoms with E-state index in [0.29, 0.717) is 5.56 Å². The van der Waals surface area contributed by atoms with Gasteiger partial charge in [0.25, 0.3) is 0 Å². The Morgan fingerprint density at radius 3 is 2.44 bits per heavy atom. The number of amides is 1. The molecule has 2 N–H and O–H groups in total. The van der Waals surface area contributed by atoms with Crippen LogP contribution in [0.2, 0.25) is 0 Å². The van der Waals surface area contributed by atoms with E-state index >= 15 is 0 Å². The lowest BCUT2D eigenvalue weighted by molar-refractivity contribution is -0.120. The molecule has 2 atom stereocenters. The highest BCUT2D eigenvalue weighted by molar-refractivity contribution is 7.10. The average molecular weight is 386 g/mol. The molecule has 140 valence electrons. The van der Waals surface area contributed by atoms with Gasteiger partial charge in [-0.1, -0.05) is 42.5 Å². The third-order valence-corrected chi connectivity index (χ3v) is 5.22. The molecule has 3 aromatic rings. The monoisotopic (exact) mass is 386 g/mol. The molecule has 0 bridgehead atoms. The van der Waals surface area contributed by atoms with Gasteiger partial charge in [0.1, 0.15) is 0 Å². The van der Waals surface area contributed by atoms with Gasteiger partial charge in [-0.25, -0.2) is 8.78 Å². The van der Waals surface area contributed by atoms with Crippen LogP contribution >= 0.6 is 11.3 Å². The first-order valence-electron chi connectivity index (χ1n) is 8.60. The molecule has 0 saturated heterocycles. The Morgan fingerprint density at radius 2 is 1.78 bits per heavy atom. The van der Waals surface area contributed by atoms with Crippen molar-refractivity contribution >= 4 is 17.2 Å². The van der Waals surface area contributed by atoms with Crippen LogP contribution < -0.4 is 10.6 Å². The van der Waals surface area contributed by atoms with Crippen LogP contribution in [0.5, 0.6) is 0 Å². The highest BCUT2D eigenvalue weighted by atomic mass is 32.1. The standard InChI is InChI=1S/C21H20F2N2OS/c1-14(16-9-10-17(22)18(23)12-16)24-13-20(26)25-21(19-8-5-11-27-19)15-6-3-2-4-7-15/h2-12,14,21,24H,13H2,1H3,(H,25,26)/t14-,21-/m1/s1. The van der Waals surface area contributed by atoms with Crippen LogP contribution in [0.25, 0.3) is 0 Å². The van der Waals surface area contributed by atoms with Crippen molar-refractivity contribution in [2.24, 2.45) is 0 Å². The molecule has 2 aromatic carbocycles. The predicted octanol–water partition coefficient (Wildman–Crippen LogP) is 4.58. The first-order valence-corrected chi connectivity index (χ1v) is 9.48. The maximum absolute atomic E-state index is 13.4. The van der Waals surface area contributed by atoms with Crippen LogP contribution in [-0.4, -0.2) is 12.5 Å². The number of nitrogens with one attached hydrogen (secondary N) is 2. The molecule has 1 heterocycles. The second-order valence-corrected chi connectivity index (χ2v) is 7.18. The van der Waals surface area contributed by atoms with Crippen LogP contribution in [-0.2, 0) is 4.79 Å². The van der Waals surface area contributed by atoms with Crippen LogP contribution in [0, 0.1) is 11.6 Å². The van der Waals surface area contributed by atoms with Crippen LogP contribution in [0.3, 0.4) is 0 Å². The molecule has 0 fully saturated rings. The molecule has 1 aromatic heterocycles. The minimum atomic E-state index is -0.896. The summed E-state index contributed by atoms with van der Waals surface area (Å²) >= 11 is 1.58. The van der Waals surface area contributed by atoms with Crippen molar-refractivity contribution in [2.75, 3.05) is 6.54 Å². The summed E-state index contributed by atoms with van der Waals surface area (Å²) in [7, 11) is 0.